The molecule has 0 atom stereocenters. The van der Waals surface area contributed by atoms with Gasteiger partial charge in [0.25, 0.3) is 0 Å². The first kappa shape index (κ1) is 12.1. The fourth-order valence-electron chi connectivity index (χ4n) is 1.07. The Morgan fingerprint density at radius 3 is 2.31 bits per heavy atom. The van der Waals surface area contributed by atoms with Crippen LogP contribution in [0.15, 0.2) is 18.2 Å². The van der Waals surface area contributed by atoms with E-state index in [0.29, 0.717) is 0 Å². The summed E-state index contributed by atoms with van der Waals surface area (Å²) in [7, 11) is 0. The van der Waals surface area contributed by atoms with E-state index in [1.165, 1.54) is 6.07 Å². The average molecular weight is 225 g/mol. The van der Waals surface area contributed by atoms with Crippen LogP contribution in [0.5, 0.6) is 0 Å². The topological polar surface area (TPSA) is 44.0 Å². The van der Waals surface area contributed by atoms with Crippen LogP contribution in [-0.4, -0.2) is 11.7 Å². The summed E-state index contributed by atoms with van der Waals surface area (Å²) < 4.78 is 37.2. The van der Waals surface area contributed by atoms with Crippen LogP contribution in [0, 0.1) is 23.2 Å². The summed E-state index contributed by atoms with van der Waals surface area (Å²) in [5.41, 5.74) is -0.980. The van der Waals surface area contributed by atoms with Gasteiger partial charge < -0.3 is 5.11 Å². The van der Waals surface area contributed by atoms with E-state index in [1.807, 2.05) is 0 Å². The first-order valence-electron chi connectivity index (χ1n) is 4.19. The first-order chi connectivity index (χ1) is 7.47. The first-order valence-corrected chi connectivity index (χ1v) is 4.19. The second-order valence-electron chi connectivity index (χ2n) is 2.87. The largest absolute Gasteiger partial charge is 0.416 e. The highest BCUT2D eigenvalue weighted by molar-refractivity contribution is 5.45. The summed E-state index contributed by atoms with van der Waals surface area (Å²) in [5, 5.41) is 17.0. The van der Waals surface area contributed by atoms with Gasteiger partial charge in [-0.25, -0.2) is 0 Å². The standard InChI is InChI=1S/C11H6F3NO/c12-11(13,14)10-5-8(2-1-3-16)4-9(6-10)7-15/h4-6,16H,3H2. The molecule has 0 bridgehead atoms. The quantitative estimate of drug-likeness (QED) is 0.685. The maximum atomic E-state index is 12.4. The number of nitriles is 1. The number of hydrogen-bond acceptors (Lipinski definition) is 2. The normalized spacial score (nSPS) is 10.2. The van der Waals surface area contributed by atoms with Crippen molar-refractivity contribution in [3.8, 4) is 17.9 Å². The smallest absolute Gasteiger partial charge is 0.384 e. The molecule has 16 heavy (non-hydrogen) atoms. The number of nitrogens with zero attached hydrogens (tertiary/aromatic N) is 1. The molecule has 0 aliphatic rings. The second-order valence-corrected chi connectivity index (χ2v) is 2.87. The molecular weight excluding hydrogens is 219 g/mol. The van der Waals surface area contributed by atoms with Crippen LogP contribution in [0.1, 0.15) is 16.7 Å². The van der Waals surface area contributed by atoms with Gasteiger partial charge in [-0.15, -0.1) is 0 Å². The Bertz CT molecular complexity index is 489. The molecule has 0 aliphatic heterocycles. The van der Waals surface area contributed by atoms with Crippen LogP contribution in [-0.2, 0) is 6.18 Å². The fraction of sp³-hybridized carbons (Fsp3) is 0.182. The molecule has 0 saturated carbocycles. The highest BCUT2D eigenvalue weighted by atomic mass is 19.4. The van der Waals surface area contributed by atoms with Crippen LogP contribution in [0.4, 0.5) is 13.2 Å². The number of alkyl halides is 3. The minimum Gasteiger partial charge on any atom is -0.384 e. The Labute approximate surface area is 89.9 Å². The number of halogens is 3. The van der Waals surface area contributed by atoms with Crippen molar-refractivity contribution >= 4 is 0 Å². The third kappa shape index (κ3) is 3.01. The van der Waals surface area contributed by atoms with Crippen molar-refractivity contribution in [3.05, 3.63) is 34.9 Å². The molecule has 0 unspecified atom stereocenters. The van der Waals surface area contributed by atoms with Crippen LogP contribution >= 0.6 is 0 Å². The highest BCUT2D eigenvalue weighted by Crippen LogP contribution is 2.30. The van der Waals surface area contributed by atoms with E-state index >= 15 is 0 Å². The summed E-state index contributed by atoms with van der Waals surface area (Å²) in [6.45, 7) is -0.446. The van der Waals surface area contributed by atoms with Gasteiger partial charge >= 0.3 is 6.18 Å². The van der Waals surface area contributed by atoms with Gasteiger partial charge in [0.2, 0.25) is 0 Å². The highest BCUT2D eigenvalue weighted by Gasteiger charge is 2.31. The SMILES string of the molecule is N#Cc1cc(C#CCO)cc(C(F)(F)F)c1. The third-order valence-corrected chi connectivity index (χ3v) is 1.70. The molecule has 0 heterocycles. The van der Waals surface area contributed by atoms with Crippen molar-refractivity contribution in [1.82, 2.24) is 0 Å². The zero-order valence-electron chi connectivity index (χ0n) is 7.97. The van der Waals surface area contributed by atoms with Crippen molar-refractivity contribution < 1.29 is 18.3 Å². The Kier molecular flexibility index (Phi) is 3.55. The fourth-order valence-corrected chi connectivity index (χ4v) is 1.07. The lowest BCUT2D eigenvalue weighted by Gasteiger charge is -2.07. The molecule has 1 N–H and O–H groups in total. The van der Waals surface area contributed by atoms with Crippen LogP contribution in [0.25, 0.3) is 0 Å². The lowest BCUT2D eigenvalue weighted by Crippen LogP contribution is -2.05. The van der Waals surface area contributed by atoms with Crippen molar-refractivity contribution in [3.63, 3.8) is 0 Å². The zero-order chi connectivity index (χ0) is 12.2. The van der Waals surface area contributed by atoms with Gasteiger partial charge in [-0.3, -0.25) is 0 Å². The van der Waals surface area contributed by atoms with Crippen LogP contribution < -0.4 is 0 Å². The lowest BCUT2D eigenvalue weighted by molar-refractivity contribution is -0.137. The van der Waals surface area contributed by atoms with Gasteiger partial charge in [0.05, 0.1) is 17.2 Å². The predicted molar refractivity (Wildman–Crippen MR) is 50.1 cm³/mol. The summed E-state index contributed by atoms with van der Waals surface area (Å²) in [5.74, 6) is 4.55. The Balaban J connectivity index is 3.28. The minimum absolute atomic E-state index is 0.0559. The lowest BCUT2D eigenvalue weighted by atomic mass is 10.1. The summed E-state index contributed by atoms with van der Waals surface area (Å²) >= 11 is 0. The minimum atomic E-state index is -4.51. The molecule has 1 aromatic carbocycles. The zero-order valence-corrected chi connectivity index (χ0v) is 7.97. The van der Waals surface area contributed by atoms with E-state index in [1.54, 1.807) is 6.07 Å². The van der Waals surface area contributed by atoms with Gasteiger partial charge in [-0.2, -0.15) is 18.4 Å². The molecule has 1 rings (SSSR count). The van der Waals surface area contributed by atoms with E-state index in [9.17, 15) is 13.2 Å². The molecule has 0 aliphatic carbocycles. The van der Waals surface area contributed by atoms with Gasteiger partial charge in [0.15, 0.2) is 0 Å². The van der Waals surface area contributed by atoms with Crippen molar-refractivity contribution in [2.45, 2.75) is 6.18 Å². The molecule has 0 radical (unpaired) electrons. The second kappa shape index (κ2) is 4.69. The predicted octanol–water partition coefficient (Wildman–Crippen LogP) is 1.92. The molecule has 82 valence electrons. The maximum Gasteiger partial charge on any atom is 0.416 e. The number of aliphatic hydroxyl groups is 1. The van der Waals surface area contributed by atoms with Gasteiger partial charge in [0, 0.05) is 5.56 Å². The van der Waals surface area contributed by atoms with E-state index in [0.717, 1.165) is 12.1 Å². The maximum absolute atomic E-state index is 12.4. The number of benzene rings is 1. The molecule has 2 nitrogen and oxygen atoms in total. The van der Waals surface area contributed by atoms with E-state index in [-0.39, 0.29) is 11.1 Å². The van der Waals surface area contributed by atoms with Gasteiger partial charge in [0.1, 0.15) is 6.61 Å². The Hall–Kier alpha value is -1.98. The summed E-state index contributed by atoms with van der Waals surface area (Å²) in [6, 6.07) is 4.45. The van der Waals surface area contributed by atoms with Crippen LogP contribution in [0.2, 0.25) is 0 Å². The van der Waals surface area contributed by atoms with Crippen molar-refractivity contribution in [1.29, 1.82) is 5.26 Å². The Morgan fingerprint density at radius 2 is 1.81 bits per heavy atom. The molecule has 0 fully saturated rings. The van der Waals surface area contributed by atoms with Crippen molar-refractivity contribution in [2.75, 3.05) is 6.61 Å². The van der Waals surface area contributed by atoms with E-state index < -0.39 is 18.3 Å². The molecule has 0 spiro atoms. The molecule has 0 saturated heterocycles. The molecular formula is C11H6F3NO. The molecule has 5 heteroatoms. The summed E-state index contributed by atoms with van der Waals surface area (Å²) in [4.78, 5) is 0. The molecule has 1 aromatic rings. The van der Waals surface area contributed by atoms with Crippen molar-refractivity contribution in [2.24, 2.45) is 0 Å². The van der Waals surface area contributed by atoms with E-state index in [2.05, 4.69) is 11.8 Å². The third-order valence-electron chi connectivity index (χ3n) is 1.70. The number of aliphatic hydroxyl groups excluding tert-OH is 1. The molecule has 0 amide bonds. The number of rotatable bonds is 0. The van der Waals surface area contributed by atoms with Gasteiger partial charge in [-0.05, 0) is 18.2 Å². The Morgan fingerprint density at radius 1 is 1.19 bits per heavy atom. The molecule has 0 aromatic heterocycles. The average Bonchev–Trinajstić information content (AvgIpc) is 2.24. The van der Waals surface area contributed by atoms with E-state index in [4.69, 9.17) is 10.4 Å². The number of hydrogen-bond donors (Lipinski definition) is 1. The van der Waals surface area contributed by atoms with Gasteiger partial charge in [-0.1, -0.05) is 11.8 Å². The van der Waals surface area contributed by atoms with Crippen LogP contribution in [0.3, 0.4) is 0 Å². The summed E-state index contributed by atoms with van der Waals surface area (Å²) in [6.07, 6.45) is -4.51. The monoisotopic (exact) mass is 225 g/mol.